The molecule has 2 N–H and O–H groups in total. The van der Waals surface area contributed by atoms with Gasteiger partial charge in [0.25, 0.3) is 0 Å². The van der Waals surface area contributed by atoms with Crippen molar-refractivity contribution in [3.63, 3.8) is 0 Å². The maximum atomic E-state index is 5.85. The van der Waals surface area contributed by atoms with Crippen molar-refractivity contribution in [2.75, 3.05) is 0 Å². The lowest BCUT2D eigenvalue weighted by atomic mass is 9.89. The summed E-state index contributed by atoms with van der Waals surface area (Å²) in [4.78, 5) is 8.50. The van der Waals surface area contributed by atoms with Gasteiger partial charge in [0.2, 0.25) is 5.88 Å². The predicted octanol–water partition coefficient (Wildman–Crippen LogP) is 2.07. The van der Waals surface area contributed by atoms with Gasteiger partial charge in [0.05, 0.1) is 0 Å². The zero-order valence-electron chi connectivity index (χ0n) is 9.93. The summed E-state index contributed by atoms with van der Waals surface area (Å²) in [7, 11) is 0. The first kappa shape index (κ1) is 12.2. The summed E-state index contributed by atoms with van der Waals surface area (Å²) in [6.45, 7) is 2.28. The molecular formula is C12H17N3OS. The molecule has 4 nitrogen and oxygen atoms in total. The molecule has 17 heavy (non-hydrogen) atoms. The standard InChI is InChI=1S/C12H17N3OS/c1-8-2-4-9(5-3-8)16-12-10(11(13)17)14-6-7-15-12/h6-9H,2-5H2,1H3,(H2,13,17). The molecular weight excluding hydrogens is 234 g/mol. The minimum atomic E-state index is 0.219. The van der Waals surface area contributed by atoms with Gasteiger partial charge in [0.15, 0.2) is 5.69 Å². The Morgan fingerprint density at radius 2 is 1.94 bits per heavy atom. The van der Waals surface area contributed by atoms with E-state index in [-0.39, 0.29) is 11.1 Å². The molecule has 0 amide bonds. The Bertz CT molecular complexity index is 402. The van der Waals surface area contributed by atoms with E-state index in [1.165, 1.54) is 12.8 Å². The fourth-order valence-electron chi connectivity index (χ4n) is 2.09. The molecule has 0 unspecified atom stereocenters. The lowest BCUT2D eigenvalue weighted by Crippen LogP contribution is -2.25. The number of nitrogens with two attached hydrogens (primary N) is 1. The molecule has 0 bridgehead atoms. The van der Waals surface area contributed by atoms with Gasteiger partial charge in [0, 0.05) is 12.4 Å². The quantitative estimate of drug-likeness (QED) is 0.833. The normalized spacial score (nSPS) is 24.3. The molecule has 1 heterocycles. The molecule has 1 aliphatic rings. The third kappa shape index (κ3) is 3.12. The average molecular weight is 251 g/mol. The molecule has 1 fully saturated rings. The first-order chi connectivity index (χ1) is 8.16. The molecule has 0 spiro atoms. The average Bonchev–Trinajstić information content (AvgIpc) is 2.32. The maximum absolute atomic E-state index is 5.85. The van der Waals surface area contributed by atoms with Crippen molar-refractivity contribution in [2.45, 2.75) is 38.7 Å². The largest absolute Gasteiger partial charge is 0.473 e. The number of thiocarbonyl (C=S) groups is 1. The Kier molecular flexibility index (Phi) is 3.89. The van der Waals surface area contributed by atoms with Crippen LogP contribution < -0.4 is 10.5 Å². The second kappa shape index (κ2) is 5.40. The van der Waals surface area contributed by atoms with Crippen LogP contribution in [-0.4, -0.2) is 21.1 Å². The Morgan fingerprint density at radius 1 is 1.29 bits per heavy atom. The number of nitrogens with zero attached hydrogens (tertiary/aromatic N) is 2. The van der Waals surface area contributed by atoms with Gasteiger partial charge in [-0.15, -0.1) is 0 Å². The van der Waals surface area contributed by atoms with Gasteiger partial charge in [-0.25, -0.2) is 9.97 Å². The maximum Gasteiger partial charge on any atom is 0.243 e. The molecule has 2 rings (SSSR count). The predicted molar refractivity (Wildman–Crippen MR) is 70.0 cm³/mol. The van der Waals surface area contributed by atoms with Gasteiger partial charge in [-0.2, -0.15) is 0 Å². The number of rotatable bonds is 3. The highest BCUT2D eigenvalue weighted by molar-refractivity contribution is 7.80. The highest BCUT2D eigenvalue weighted by Crippen LogP contribution is 2.27. The fourth-order valence-corrected chi connectivity index (χ4v) is 2.23. The monoisotopic (exact) mass is 251 g/mol. The zero-order chi connectivity index (χ0) is 12.3. The SMILES string of the molecule is CC1CCC(Oc2nccnc2C(N)=S)CC1. The van der Waals surface area contributed by atoms with Gasteiger partial charge < -0.3 is 10.5 Å². The lowest BCUT2D eigenvalue weighted by Gasteiger charge is -2.26. The van der Waals surface area contributed by atoms with Crippen molar-refractivity contribution in [3.8, 4) is 5.88 Å². The number of hydrogen-bond acceptors (Lipinski definition) is 4. The fraction of sp³-hybridized carbons (Fsp3) is 0.583. The van der Waals surface area contributed by atoms with E-state index in [9.17, 15) is 0 Å². The molecule has 0 aromatic carbocycles. The molecule has 1 aromatic rings. The van der Waals surface area contributed by atoms with Crippen molar-refractivity contribution in [2.24, 2.45) is 11.7 Å². The summed E-state index contributed by atoms with van der Waals surface area (Å²) >= 11 is 4.93. The van der Waals surface area contributed by atoms with Gasteiger partial charge >= 0.3 is 0 Å². The summed E-state index contributed by atoms with van der Waals surface area (Å²) in [5, 5.41) is 0. The van der Waals surface area contributed by atoms with Gasteiger partial charge in [0.1, 0.15) is 11.1 Å². The first-order valence-corrected chi connectivity index (χ1v) is 6.35. The highest BCUT2D eigenvalue weighted by atomic mass is 32.1. The van der Waals surface area contributed by atoms with Crippen molar-refractivity contribution < 1.29 is 4.74 Å². The van der Waals surface area contributed by atoms with E-state index in [0.717, 1.165) is 18.8 Å². The van der Waals surface area contributed by atoms with Gasteiger partial charge in [-0.1, -0.05) is 19.1 Å². The second-order valence-corrected chi connectivity index (χ2v) is 5.01. The minimum absolute atomic E-state index is 0.219. The summed E-state index contributed by atoms with van der Waals surface area (Å²) in [5.41, 5.74) is 6.08. The smallest absolute Gasteiger partial charge is 0.243 e. The van der Waals surface area contributed by atoms with Crippen LogP contribution in [0.25, 0.3) is 0 Å². The van der Waals surface area contributed by atoms with Crippen LogP contribution in [-0.2, 0) is 0 Å². The number of aromatic nitrogens is 2. The van der Waals surface area contributed by atoms with E-state index < -0.39 is 0 Å². The highest BCUT2D eigenvalue weighted by Gasteiger charge is 2.21. The van der Waals surface area contributed by atoms with E-state index >= 15 is 0 Å². The van der Waals surface area contributed by atoms with E-state index in [0.29, 0.717) is 11.6 Å². The van der Waals surface area contributed by atoms with Gasteiger partial charge in [-0.3, -0.25) is 0 Å². The van der Waals surface area contributed by atoms with Crippen LogP contribution in [0, 0.1) is 5.92 Å². The Balaban J connectivity index is 2.05. The number of ether oxygens (including phenoxy) is 1. The molecule has 5 heteroatoms. The Hall–Kier alpha value is -1.23. The lowest BCUT2D eigenvalue weighted by molar-refractivity contribution is 0.129. The van der Waals surface area contributed by atoms with Crippen LogP contribution in [0.4, 0.5) is 0 Å². The topological polar surface area (TPSA) is 61.0 Å². The molecule has 1 aromatic heterocycles. The Labute approximate surface area is 107 Å². The molecule has 1 saturated carbocycles. The van der Waals surface area contributed by atoms with E-state index in [4.69, 9.17) is 22.7 Å². The summed E-state index contributed by atoms with van der Waals surface area (Å²) < 4.78 is 5.85. The van der Waals surface area contributed by atoms with Crippen LogP contribution in [0.2, 0.25) is 0 Å². The van der Waals surface area contributed by atoms with Gasteiger partial charge in [-0.05, 0) is 31.6 Å². The third-order valence-electron chi connectivity index (χ3n) is 3.14. The summed E-state index contributed by atoms with van der Waals surface area (Å²) in [5.74, 6) is 1.27. The summed E-state index contributed by atoms with van der Waals surface area (Å²) in [6.07, 6.45) is 7.92. The van der Waals surface area contributed by atoms with Crippen LogP contribution in [0.1, 0.15) is 38.3 Å². The molecule has 92 valence electrons. The Morgan fingerprint density at radius 3 is 2.59 bits per heavy atom. The van der Waals surface area contributed by atoms with Crippen LogP contribution in [0.5, 0.6) is 5.88 Å². The molecule has 0 saturated heterocycles. The van der Waals surface area contributed by atoms with Crippen LogP contribution >= 0.6 is 12.2 Å². The zero-order valence-corrected chi connectivity index (χ0v) is 10.7. The van der Waals surface area contributed by atoms with Crippen molar-refractivity contribution in [1.29, 1.82) is 0 Å². The number of hydrogen-bond donors (Lipinski definition) is 1. The van der Waals surface area contributed by atoms with Crippen molar-refractivity contribution in [1.82, 2.24) is 9.97 Å². The van der Waals surface area contributed by atoms with Crippen molar-refractivity contribution >= 4 is 17.2 Å². The van der Waals surface area contributed by atoms with E-state index in [1.807, 2.05) is 0 Å². The molecule has 1 aliphatic carbocycles. The third-order valence-corrected chi connectivity index (χ3v) is 3.33. The minimum Gasteiger partial charge on any atom is -0.473 e. The molecule has 0 atom stereocenters. The van der Waals surface area contributed by atoms with Crippen molar-refractivity contribution in [3.05, 3.63) is 18.1 Å². The summed E-state index contributed by atoms with van der Waals surface area (Å²) in [6, 6.07) is 0. The van der Waals surface area contributed by atoms with Crippen LogP contribution in [0.3, 0.4) is 0 Å². The molecule has 0 aliphatic heterocycles. The second-order valence-electron chi connectivity index (χ2n) is 4.57. The van der Waals surface area contributed by atoms with E-state index in [2.05, 4.69) is 16.9 Å². The first-order valence-electron chi connectivity index (χ1n) is 5.94. The van der Waals surface area contributed by atoms with E-state index in [1.54, 1.807) is 12.4 Å². The van der Waals surface area contributed by atoms with Crippen LogP contribution in [0.15, 0.2) is 12.4 Å². The molecule has 0 radical (unpaired) electrons.